The van der Waals surface area contributed by atoms with Crippen LogP contribution in [0, 0.1) is 23.2 Å². The molecule has 4 bridgehead atoms. The second-order valence-electron chi connectivity index (χ2n) is 37.0. The summed E-state index contributed by atoms with van der Waals surface area (Å²) in [7, 11) is -33.6. The molecule has 0 heterocycles. The lowest BCUT2D eigenvalue weighted by atomic mass is 9.49. The fourth-order valence-electron chi connectivity index (χ4n) is 14.7. The number of aliphatic hydroxyl groups excluding tert-OH is 8. The number of unbranched alkanes of at least 4 members (excludes halogenated alkanes) is 12. The first-order valence-corrected chi connectivity index (χ1v) is 61.3. The van der Waals surface area contributed by atoms with Gasteiger partial charge in [0.2, 0.25) is 5.91 Å². The second-order valence-corrected chi connectivity index (χ2v) is 47.9. The van der Waals surface area contributed by atoms with Gasteiger partial charge >= 0.3 is 0 Å². The van der Waals surface area contributed by atoms with Gasteiger partial charge in [0.05, 0.1) is 166 Å². The summed E-state index contributed by atoms with van der Waals surface area (Å²) in [6.07, 6.45) is 19.2. The smallest absolute Gasteiger partial charge is 0.268 e. The molecule has 3 aromatic carbocycles. The third kappa shape index (κ3) is 77.6. The number of phosphoric ester groups is 8. The predicted octanol–water partition coefficient (Wildman–Crippen LogP) is 13.1. The van der Waals surface area contributed by atoms with Gasteiger partial charge in [-0.1, -0.05) is 137 Å². The van der Waals surface area contributed by atoms with Crippen LogP contribution in [0.2, 0.25) is 0 Å². The van der Waals surface area contributed by atoms with Crippen molar-refractivity contribution in [2.75, 3.05) is 92.5 Å². The maximum atomic E-state index is 12.9. The minimum absolute atomic E-state index is 0.0181. The van der Waals surface area contributed by atoms with E-state index in [-0.39, 0.29) is 141 Å². The van der Waals surface area contributed by atoms with Crippen molar-refractivity contribution in [3.8, 4) is 11.1 Å². The lowest BCUT2D eigenvalue weighted by molar-refractivity contribution is -0.234. The van der Waals surface area contributed by atoms with Crippen LogP contribution in [0.3, 0.4) is 0 Å². The number of ether oxygens (including phenoxy) is 2. The van der Waals surface area contributed by atoms with Crippen molar-refractivity contribution < 1.29 is 203 Å². The Labute approximate surface area is 859 Å². The summed E-state index contributed by atoms with van der Waals surface area (Å²) < 4.78 is 175. The largest absolute Gasteiger partial charge is 0.756 e. The number of carbonyl (C=O) groups is 1. The molecule has 0 radical (unpaired) electrons. The fraction of sp³-hybridized carbons (Fsp3) is 0.796. The Kier molecular flexibility index (Phi) is 77.4. The maximum absolute atomic E-state index is 12.9. The average molecular weight is 2240 g/mol. The average Bonchev–Trinajstić information content (AvgIpc) is 0.739. The van der Waals surface area contributed by atoms with E-state index in [4.69, 9.17) is 76.3 Å². The van der Waals surface area contributed by atoms with Crippen LogP contribution in [0.5, 0.6) is 0 Å². The molecule has 44 nitrogen and oxygen atoms in total. The van der Waals surface area contributed by atoms with Gasteiger partial charge in [-0.25, -0.2) is 0 Å². The molecule has 5 fully saturated rings. The number of benzene rings is 3. The number of rotatable bonds is 66. The van der Waals surface area contributed by atoms with E-state index in [9.17, 15) is 90.7 Å². The van der Waals surface area contributed by atoms with E-state index in [0.29, 0.717) is 75.2 Å². The topological polar surface area (TPSA) is 678 Å². The molecular formula is C93H169NO43P8-8. The minimum atomic E-state index is -4.43. The standard InChI is InChI=1S/C17H30NO6P.C17H21O5P.C15H33O5P.C11H17O5P.C9H21O7P.C9H19O5P.C9H21O5P.C6H15O5P/c1-11(2)24-25(21,22)23-10-15(9-19)18-16(20)17-6-12-3-13(7-17)5-14(4-12)8-17;1-13(2)22-23(19,20)21-12-15-5-9-17(10-6-15)16-7-3-14(11-18)4-8-16;1-15(2)20-21(17,18)19-14-12-10-8-6-4-3-5-7-9-11-13-16;1-9(2)16-17(13,14)15-8-11-5-3-10(7-12)4-6-11;1-9(2)16-17(11,12)15-8-7-14-6-5-13-4-3-10;1-7(2)13-15(11,12)14-9-5-3-8(10)4-6-9;1-9(2)14-15(11,12)13-8-6-4-3-5-7-10;1-6(2)11-12(8,9)10-5-3-4-7/h11-15,19H,3-10H2,1-2H3,(H,18,20)(H,21,22);3-10,13,18H,11-12H2,1-2H3,(H,19,20);15-16H,3-14H2,1-2H3,(H,17,18);3-6,9,12H,7-8H2,1-2H3,(H,13,14);9-10H,3-8H2,1-2H3,(H,11,12);7-10H,3-6H2,1-2H3,(H,11,12);9-10H,3-8H2,1-2H3,(H,11,12);6-7H,3-5H2,1-2H3,(H,8,9)/p-8. The highest BCUT2D eigenvalue weighted by Crippen LogP contribution is 2.60. The molecule has 5 aliphatic rings. The zero-order chi connectivity index (χ0) is 110. The van der Waals surface area contributed by atoms with E-state index >= 15 is 0 Å². The zero-order valence-corrected chi connectivity index (χ0v) is 94.5. The highest BCUT2D eigenvalue weighted by Gasteiger charge is 2.55. The number of hydrogen-bond acceptors (Lipinski definition) is 43. The first-order chi connectivity index (χ1) is 67.8. The number of aliphatic hydroxyl groups is 8. The van der Waals surface area contributed by atoms with Crippen molar-refractivity contribution in [2.24, 2.45) is 23.2 Å². The van der Waals surface area contributed by atoms with E-state index in [1.165, 1.54) is 51.4 Å². The second kappa shape index (κ2) is 78.7. The van der Waals surface area contributed by atoms with Crippen LogP contribution in [-0.4, -0.2) is 206 Å². The Morgan fingerprint density at radius 3 is 0.910 bits per heavy atom. The van der Waals surface area contributed by atoms with Gasteiger partial charge < -0.3 is 167 Å². The van der Waals surface area contributed by atoms with Crippen LogP contribution in [0.4, 0.5) is 0 Å². The third-order valence-electron chi connectivity index (χ3n) is 20.3. The van der Waals surface area contributed by atoms with Crippen molar-refractivity contribution in [1.82, 2.24) is 5.32 Å². The molecule has 9 N–H and O–H groups in total. The Balaban J connectivity index is 0.00000165. The van der Waals surface area contributed by atoms with E-state index in [2.05, 4.69) is 41.5 Å². The van der Waals surface area contributed by atoms with Gasteiger partial charge in [0.15, 0.2) is 0 Å². The first kappa shape index (κ1) is 143. The fourth-order valence-corrected chi connectivity index (χ4v) is 22.2. The molecule has 9 atom stereocenters. The van der Waals surface area contributed by atoms with Gasteiger partial charge in [-0.3, -0.25) is 41.3 Å². The van der Waals surface area contributed by atoms with Gasteiger partial charge in [-0.2, -0.15) is 0 Å². The molecule has 5 saturated carbocycles. The number of phosphoric acid groups is 8. The molecular weight excluding hydrogens is 2070 g/mol. The lowest BCUT2D eigenvalue weighted by Crippen LogP contribution is -2.56. The summed E-state index contributed by atoms with van der Waals surface area (Å²) in [6, 6.07) is 21.0. The molecule has 3 aromatic rings. The summed E-state index contributed by atoms with van der Waals surface area (Å²) in [5.41, 5.74) is 4.74. The molecule has 9 unspecified atom stereocenters. The van der Waals surface area contributed by atoms with E-state index in [0.717, 1.165) is 98.4 Å². The van der Waals surface area contributed by atoms with Gasteiger partial charge in [0, 0.05) is 25.2 Å². The van der Waals surface area contributed by atoms with Crippen LogP contribution >= 0.6 is 62.6 Å². The van der Waals surface area contributed by atoms with Gasteiger partial charge in [-0.05, 0) is 258 Å². The van der Waals surface area contributed by atoms with Crippen molar-refractivity contribution in [3.63, 3.8) is 0 Å². The number of hydrogen-bond donors (Lipinski definition) is 9. The van der Waals surface area contributed by atoms with Crippen molar-refractivity contribution >= 4 is 68.5 Å². The third-order valence-corrected chi connectivity index (χ3v) is 29.6. The predicted molar refractivity (Wildman–Crippen MR) is 528 cm³/mol. The molecule has 0 saturated heterocycles. The van der Waals surface area contributed by atoms with Crippen molar-refractivity contribution in [3.05, 3.63) is 95.1 Å². The van der Waals surface area contributed by atoms with Crippen LogP contribution in [-0.2, 0) is 150 Å². The monoisotopic (exact) mass is 2240 g/mol. The molecule has 5 aliphatic carbocycles. The summed E-state index contributed by atoms with van der Waals surface area (Å²) >= 11 is 0. The summed E-state index contributed by atoms with van der Waals surface area (Å²) in [5, 5.41) is 73.3. The number of carbonyl (C=O) groups excluding carboxylic acids is 1. The Morgan fingerprint density at radius 1 is 0.324 bits per heavy atom. The van der Waals surface area contributed by atoms with E-state index in [1.54, 1.807) is 135 Å². The SMILES string of the molecule is CC(C)OP(=O)([O-])OC1CCC(O)CC1.CC(C)OP(=O)([O-])OCC(CO)NC(=O)C12CC3CC(CC(C3)C1)C2.CC(C)OP(=O)([O-])OCCCCCCCCCCCCO.CC(C)OP(=O)([O-])OCCCCCCO.CC(C)OP(=O)([O-])OCCCO.CC(C)OP(=O)([O-])OCCOCCOCCO.CC(C)OP(=O)([O-])OCc1ccc(-c2ccc(CO)cc2)cc1.CC(C)OP(=O)([O-])OCc1ccc(CO)cc1. The summed E-state index contributed by atoms with van der Waals surface area (Å²) in [6.45, 7) is 26.7. The zero-order valence-electron chi connectivity index (χ0n) is 87.4. The Bertz CT molecular complexity index is 4160. The molecule has 8 rings (SSSR count). The molecule has 0 aliphatic heterocycles. The molecule has 0 spiro atoms. The van der Waals surface area contributed by atoms with Crippen LogP contribution in [0.15, 0.2) is 72.8 Å². The minimum Gasteiger partial charge on any atom is -0.756 e. The van der Waals surface area contributed by atoms with Crippen LogP contribution in [0.25, 0.3) is 11.1 Å². The first-order valence-electron chi connectivity index (χ1n) is 49.7. The van der Waals surface area contributed by atoms with Crippen LogP contribution < -0.4 is 44.5 Å². The van der Waals surface area contributed by atoms with Crippen LogP contribution in [0.1, 0.15) is 294 Å². The highest BCUT2D eigenvalue weighted by molar-refractivity contribution is 7.47. The Morgan fingerprint density at radius 2 is 0.593 bits per heavy atom. The van der Waals surface area contributed by atoms with Gasteiger partial charge in [-0.15, -0.1) is 0 Å². The summed E-state index contributed by atoms with van der Waals surface area (Å²) in [4.78, 5) is 103. The number of amides is 1. The molecule has 0 aromatic heterocycles. The van der Waals surface area contributed by atoms with Crippen molar-refractivity contribution in [1.29, 1.82) is 0 Å². The highest BCUT2D eigenvalue weighted by atomic mass is 31.2. The number of nitrogens with one attached hydrogen (secondary N) is 1. The molecule has 1 amide bonds. The molecule has 52 heteroatoms. The summed E-state index contributed by atoms with van der Waals surface area (Å²) in [5.74, 6) is 1.87. The lowest BCUT2D eigenvalue weighted by Gasteiger charge is -2.55. The van der Waals surface area contributed by atoms with Gasteiger partial charge in [0.1, 0.15) is 0 Å². The van der Waals surface area contributed by atoms with E-state index in [1.807, 2.05) is 48.5 Å². The van der Waals surface area contributed by atoms with Gasteiger partial charge in [0.25, 0.3) is 62.6 Å². The maximum Gasteiger partial charge on any atom is 0.268 e. The molecule has 852 valence electrons. The van der Waals surface area contributed by atoms with E-state index < -0.39 is 105 Å². The van der Waals surface area contributed by atoms with Crippen molar-refractivity contribution in [2.45, 2.75) is 365 Å². The normalized spacial score (nSPS) is 20.5. The molecule has 145 heavy (non-hydrogen) atoms. The quantitative estimate of drug-likeness (QED) is 0.0187. The Hall–Kier alpha value is -2.39.